The van der Waals surface area contributed by atoms with Crippen molar-refractivity contribution in [2.45, 2.75) is 76.5 Å². The molecule has 0 aromatic carbocycles. The minimum atomic E-state index is -0.837. The van der Waals surface area contributed by atoms with Gasteiger partial charge in [0.05, 0.1) is 19.3 Å². The summed E-state index contributed by atoms with van der Waals surface area (Å²) in [6.07, 6.45) is 2.80. The molecule has 0 spiro atoms. The third kappa shape index (κ3) is 3.89. The van der Waals surface area contributed by atoms with E-state index in [4.69, 9.17) is 18.9 Å². The highest BCUT2D eigenvalue weighted by molar-refractivity contribution is 5.74. The van der Waals surface area contributed by atoms with Gasteiger partial charge in [0.2, 0.25) is 0 Å². The van der Waals surface area contributed by atoms with Crippen molar-refractivity contribution >= 4 is 11.9 Å². The third-order valence-corrected chi connectivity index (χ3v) is 6.31. The van der Waals surface area contributed by atoms with Crippen LogP contribution in [-0.4, -0.2) is 54.9 Å². The maximum absolute atomic E-state index is 11.9. The van der Waals surface area contributed by atoms with Crippen molar-refractivity contribution in [2.75, 3.05) is 13.7 Å². The Morgan fingerprint density at radius 3 is 2.65 bits per heavy atom. The second kappa shape index (κ2) is 7.82. The second-order valence-corrected chi connectivity index (χ2v) is 8.03. The molecule has 2 bridgehead atoms. The molecule has 7 atom stereocenters. The second-order valence-electron chi connectivity index (χ2n) is 8.03. The number of ether oxygens (including phenoxy) is 4. The predicted molar refractivity (Wildman–Crippen MR) is 91.0 cm³/mol. The largest absolute Gasteiger partial charge is 0.467 e. The van der Waals surface area contributed by atoms with Crippen LogP contribution in [0.4, 0.5) is 0 Å². The highest BCUT2D eigenvalue weighted by Crippen LogP contribution is 2.52. The molecule has 3 fully saturated rings. The van der Waals surface area contributed by atoms with Crippen LogP contribution in [0.15, 0.2) is 0 Å². The average Bonchev–Trinajstić information content (AvgIpc) is 2.74. The fourth-order valence-electron chi connectivity index (χ4n) is 5.12. The highest BCUT2D eigenvalue weighted by atomic mass is 16.7. The van der Waals surface area contributed by atoms with Crippen LogP contribution < -0.4 is 0 Å². The maximum atomic E-state index is 11.9. The molecule has 0 aromatic rings. The first kappa shape index (κ1) is 19.6. The van der Waals surface area contributed by atoms with E-state index in [0.29, 0.717) is 12.3 Å². The third-order valence-electron chi connectivity index (χ3n) is 6.31. The first-order chi connectivity index (χ1) is 12.3. The number of aliphatic hydroxyl groups is 1. The molecule has 3 rings (SSSR count). The molecule has 2 aliphatic carbocycles. The Hall–Kier alpha value is -1.18. The molecule has 7 nitrogen and oxygen atoms in total. The lowest BCUT2D eigenvalue weighted by Crippen LogP contribution is -2.50. The van der Waals surface area contributed by atoms with Crippen LogP contribution in [0.25, 0.3) is 0 Å². The number of rotatable bonds is 5. The van der Waals surface area contributed by atoms with Crippen LogP contribution >= 0.6 is 0 Å². The first-order valence-electron chi connectivity index (χ1n) is 9.58. The lowest BCUT2D eigenvalue weighted by Gasteiger charge is -2.41. The highest BCUT2D eigenvalue weighted by Gasteiger charge is 2.54. The van der Waals surface area contributed by atoms with E-state index in [2.05, 4.69) is 6.92 Å². The Morgan fingerprint density at radius 2 is 2.00 bits per heavy atom. The van der Waals surface area contributed by atoms with E-state index < -0.39 is 36.0 Å². The van der Waals surface area contributed by atoms with Crippen molar-refractivity contribution in [3.8, 4) is 0 Å². The van der Waals surface area contributed by atoms with Gasteiger partial charge < -0.3 is 24.1 Å². The zero-order valence-electron chi connectivity index (χ0n) is 15.8. The van der Waals surface area contributed by atoms with Crippen molar-refractivity contribution < 1.29 is 33.6 Å². The Morgan fingerprint density at radius 1 is 1.23 bits per heavy atom. The molecule has 2 saturated carbocycles. The molecule has 0 radical (unpaired) electrons. The first-order valence-corrected chi connectivity index (χ1v) is 9.58. The van der Waals surface area contributed by atoms with Crippen molar-refractivity contribution in [3.63, 3.8) is 0 Å². The lowest BCUT2D eigenvalue weighted by atomic mass is 9.74. The average molecular weight is 370 g/mol. The van der Waals surface area contributed by atoms with E-state index >= 15 is 0 Å². The minimum absolute atomic E-state index is 0.179. The molecule has 3 aliphatic rings. The summed E-state index contributed by atoms with van der Waals surface area (Å²) in [5, 5.41) is 11.2. The zero-order valence-corrected chi connectivity index (χ0v) is 15.8. The van der Waals surface area contributed by atoms with Gasteiger partial charge in [0.1, 0.15) is 6.10 Å². The Kier molecular flexibility index (Phi) is 5.89. The van der Waals surface area contributed by atoms with Crippen LogP contribution in [-0.2, 0) is 28.5 Å². The summed E-state index contributed by atoms with van der Waals surface area (Å²) in [7, 11) is 1.29. The van der Waals surface area contributed by atoms with Crippen LogP contribution in [0.2, 0.25) is 0 Å². The van der Waals surface area contributed by atoms with Gasteiger partial charge in [0.15, 0.2) is 12.4 Å². The standard InChI is InChI=1S/C19H30O7/c1-11-7-13-5-4-6-15(11)19(13,22)10-24-17-9-14(25-12(2)20)8-16(26-17)18(21)23-3/h11,13-17,22H,4-10H2,1-3H3/t11-,13?,14+,15-,16+,17-,19-/m1/s1. The number of esters is 2. The van der Waals surface area contributed by atoms with Gasteiger partial charge in [-0.05, 0) is 37.0 Å². The molecular formula is C19H30O7. The van der Waals surface area contributed by atoms with Gasteiger partial charge in [-0.3, -0.25) is 4.79 Å². The maximum Gasteiger partial charge on any atom is 0.335 e. The zero-order chi connectivity index (χ0) is 18.9. The van der Waals surface area contributed by atoms with Crippen molar-refractivity contribution in [3.05, 3.63) is 0 Å². The number of carbonyl (C=O) groups excluding carboxylic acids is 2. The van der Waals surface area contributed by atoms with Crippen molar-refractivity contribution in [1.82, 2.24) is 0 Å². The quantitative estimate of drug-likeness (QED) is 0.738. The molecular weight excluding hydrogens is 340 g/mol. The van der Waals surface area contributed by atoms with E-state index in [-0.39, 0.29) is 24.9 Å². The van der Waals surface area contributed by atoms with E-state index in [1.165, 1.54) is 14.0 Å². The smallest absolute Gasteiger partial charge is 0.335 e. The lowest BCUT2D eigenvalue weighted by molar-refractivity contribution is -0.248. The van der Waals surface area contributed by atoms with E-state index in [1.807, 2.05) is 0 Å². The Labute approximate surface area is 154 Å². The van der Waals surface area contributed by atoms with Crippen LogP contribution in [0.3, 0.4) is 0 Å². The molecule has 1 heterocycles. The SMILES string of the molecule is COC(=O)[C@@H]1C[C@H](OC(C)=O)C[C@H](OC[C@@]2(O)C3CCC[C@@H]2[C@H](C)C3)O1. The molecule has 0 aromatic heterocycles. The number of fused-ring (bicyclic) bond motifs is 2. The monoisotopic (exact) mass is 370 g/mol. The van der Waals surface area contributed by atoms with Gasteiger partial charge >= 0.3 is 11.9 Å². The summed E-state index contributed by atoms with van der Waals surface area (Å²) in [6, 6.07) is 0. The van der Waals surface area contributed by atoms with Crippen molar-refractivity contribution in [1.29, 1.82) is 0 Å². The number of methoxy groups -OCH3 is 1. The summed E-state index contributed by atoms with van der Waals surface area (Å²) in [5.41, 5.74) is -0.837. The molecule has 26 heavy (non-hydrogen) atoms. The Bertz CT molecular complexity index is 536. The Balaban J connectivity index is 1.64. The van der Waals surface area contributed by atoms with Crippen LogP contribution in [0.1, 0.15) is 52.4 Å². The van der Waals surface area contributed by atoms with Gasteiger partial charge in [0, 0.05) is 19.8 Å². The van der Waals surface area contributed by atoms with Gasteiger partial charge in [-0.25, -0.2) is 4.79 Å². The molecule has 1 aliphatic heterocycles. The van der Waals surface area contributed by atoms with Gasteiger partial charge in [-0.15, -0.1) is 0 Å². The molecule has 148 valence electrons. The number of hydrogen-bond acceptors (Lipinski definition) is 7. The topological polar surface area (TPSA) is 91.3 Å². The van der Waals surface area contributed by atoms with Gasteiger partial charge in [-0.1, -0.05) is 13.3 Å². The molecule has 1 N–H and O–H groups in total. The van der Waals surface area contributed by atoms with E-state index in [9.17, 15) is 14.7 Å². The van der Waals surface area contributed by atoms with E-state index in [0.717, 1.165) is 25.7 Å². The fraction of sp³-hybridized carbons (Fsp3) is 0.895. The van der Waals surface area contributed by atoms with Gasteiger partial charge in [-0.2, -0.15) is 0 Å². The number of carbonyl (C=O) groups is 2. The summed E-state index contributed by atoms with van der Waals surface area (Å²) in [6.45, 7) is 3.71. The molecule has 7 heteroatoms. The number of hydrogen-bond donors (Lipinski definition) is 1. The summed E-state index contributed by atoms with van der Waals surface area (Å²) < 4.78 is 21.6. The van der Waals surface area contributed by atoms with E-state index in [1.54, 1.807) is 0 Å². The molecule has 1 saturated heterocycles. The summed E-state index contributed by atoms with van der Waals surface area (Å²) in [4.78, 5) is 23.2. The molecule has 0 amide bonds. The van der Waals surface area contributed by atoms with Crippen molar-refractivity contribution in [2.24, 2.45) is 17.8 Å². The predicted octanol–water partition coefficient (Wildman–Crippen LogP) is 1.80. The summed E-state index contributed by atoms with van der Waals surface area (Å²) >= 11 is 0. The normalized spacial score (nSPS) is 42.3. The minimum Gasteiger partial charge on any atom is -0.467 e. The van der Waals surface area contributed by atoms with Crippen LogP contribution in [0.5, 0.6) is 0 Å². The molecule has 1 unspecified atom stereocenters. The van der Waals surface area contributed by atoms with Crippen LogP contribution in [0, 0.1) is 17.8 Å². The summed E-state index contributed by atoms with van der Waals surface area (Å²) in [5.74, 6) is 0.0589. The van der Waals surface area contributed by atoms with Gasteiger partial charge in [0.25, 0.3) is 0 Å². The fourth-order valence-corrected chi connectivity index (χ4v) is 5.12.